The number of benzene rings is 2. The smallest absolute Gasteiger partial charge is 0.292 e. The summed E-state index contributed by atoms with van der Waals surface area (Å²) in [5.41, 5.74) is 2.43. The number of hydrogen-bond donors (Lipinski definition) is 1. The number of nitro groups is 1. The lowest BCUT2D eigenvalue weighted by atomic mass is 10.1. The zero-order valence-electron chi connectivity index (χ0n) is 12.4. The van der Waals surface area contributed by atoms with Crippen LogP contribution in [0.2, 0.25) is 0 Å². The van der Waals surface area contributed by atoms with Gasteiger partial charge in [0.05, 0.1) is 11.5 Å². The normalized spacial score (nSPS) is 10.5. The first-order valence-corrected chi connectivity index (χ1v) is 7.82. The highest BCUT2D eigenvalue weighted by Gasteiger charge is 2.16. The van der Waals surface area contributed by atoms with Gasteiger partial charge in [-0.05, 0) is 12.5 Å². The summed E-state index contributed by atoms with van der Waals surface area (Å²) in [6.07, 6.45) is 0. The summed E-state index contributed by atoms with van der Waals surface area (Å²) in [4.78, 5) is 10.7. The van der Waals surface area contributed by atoms with E-state index < -0.39 is 0 Å². The van der Waals surface area contributed by atoms with Crippen molar-refractivity contribution in [3.63, 3.8) is 0 Å². The van der Waals surface area contributed by atoms with Crippen LogP contribution in [0, 0.1) is 17.0 Å². The molecule has 0 bridgehead atoms. The van der Waals surface area contributed by atoms with Gasteiger partial charge in [0.25, 0.3) is 5.69 Å². The van der Waals surface area contributed by atoms with E-state index in [1.54, 1.807) is 6.07 Å². The maximum absolute atomic E-state index is 11.1. The second-order valence-corrected chi connectivity index (χ2v) is 6.01. The predicted octanol–water partition coefficient (Wildman–Crippen LogP) is 4.03. The Balaban J connectivity index is 1.78. The molecule has 3 rings (SSSR count). The summed E-state index contributed by atoms with van der Waals surface area (Å²) in [5, 5.41) is 24.2. The Morgan fingerprint density at radius 1 is 1.13 bits per heavy atom. The summed E-state index contributed by atoms with van der Waals surface area (Å²) >= 11 is 1.47. The van der Waals surface area contributed by atoms with E-state index in [-0.39, 0.29) is 10.6 Å². The standard InChI is InChI=1S/C16H14N4O2S/c1-11-6-5-9-13(20(21)22)15(11)17-10-14-18-19-16(23-14)12-7-3-2-4-8-12/h2-9,17H,10H2,1H3. The third-order valence-electron chi connectivity index (χ3n) is 3.35. The van der Waals surface area contributed by atoms with Crippen molar-refractivity contribution in [3.8, 4) is 10.6 Å². The lowest BCUT2D eigenvalue weighted by Gasteiger charge is -2.08. The topological polar surface area (TPSA) is 81.0 Å². The SMILES string of the molecule is Cc1cccc([N+](=O)[O-])c1NCc1nnc(-c2ccccc2)s1. The summed E-state index contributed by atoms with van der Waals surface area (Å²) in [6, 6.07) is 14.8. The molecule has 0 aliphatic carbocycles. The molecule has 0 saturated carbocycles. The fourth-order valence-corrected chi connectivity index (χ4v) is 3.01. The first-order chi connectivity index (χ1) is 11.1. The van der Waals surface area contributed by atoms with Crippen LogP contribution in [0.5, 0.6) is 0 Å². The molecule has 2 aromatic carbocycles. The van der Waals surface area contributed by atoms with Gasteiger partial charge in [0, 0.05) is 11.6 Å². The van der Waals surface area contributed by atoms with Crippen LogP contribution in [0.1, 0.15) is 10.6 Å². The quantitative estimate of drug-likeness (QED) is 0.565. The summed E-state index contributed by atoms with van der Waals surface area (Å²) in [5.74, 6) is 0. The number of nitrogens with one attached hydrogen (secondary N) is 1. The molecule has 0 amide bonds. The largest absolute Gasteiger partial charge is 0.373 e. The van der Waals surface area contributed by atoms with E-state index in [0.29, 0.717) is 12.2 Å². The Hall–Kier alpha value is -2.80. The zero-order chi connectivity index (χ0) is 16.2. The van der Waals surface area contributed by atoms with E-state index in [0.717, 1.165) is 21.1 Å². The minimum atomic E-state index is -0.384. The van der Waals surface area contributed by atoms with Crippen LogP contribution in [0.4, 0.5) is 11.4 Å². The number of anilines is 1. The highest BCUT2D eigenvalue weighted by Crippen LogP contribution is 2.29. The molecule has 23 heavy (non-hydrogen) atoms. The minimum Gasteiger partial charge on any atom is -0.373 e. The monoisotopic (exact) mass is 326 g/mol. The highest BCUT2D eigenvalue weighted by molar-refractivity contribution is 7.14. The number of aryl methyl sites for hydroxylation is 1. The first kappa shape index (κ1) is 15.1. The highest BCUT2D eigenvalue weighted by atomic mass is 32.1. The number of nitrogens with zero attached hydrogens (tertiary/aromatic N) is 3. The molecule has 0 aliphatic rings. The molecule has 0 radical (unpaired) electrons. The molecule has 7 heteroatoms. The second-order valence-electron chi connectivity index (χ2n) is 4.95. The molecule has 3 aromatic rings. The van der Waals surface area contributed by atoms with Gasteiger partial charge in [-0.2, -0.15) is 0 Å². The number of rotatable bonds is 5. The number of nitro benzene ring substituents is 1. The average Bonchev–Trinajstić information content (AvgIpc) is 3.03. The molecule has 1 N–H and O–H groups in total. The molecule has 0 fully saturated rings. The molecular weight excluding hydrogens is 312 g/mol. The lowest BCUT2D eigenvalue weighted by molar-refractivity contribution is -0.384. The molecule has 0 saturated heterocycles. The maximum atomic E-state index is 11.1. The molecule has 1 heterocycles. The van der Waals surface area contributed by atoms with Crippen LogP contribution in [-0.2, 0) is 6.54 Å². The van der Waals surface area contributed by atoms with Gasteiger partial charge in [-0.25, -0.2) is 0 Å². The van der Waals surface area contributed by atoms with Gasteiger partial charge in [-0.3, -0.25) is 10.1 Å². The van der Waals surface area contributed by atoms with Crippen molar-refractivity contribution < 1.29 is 4.92 Å². The summed E-state index contributed by atoms with van der Waals surface area (Å²) in [6.45, 7) is 2.24. The third kappa shape index (κ3) is 3.35. The number of aromatic nitrogens is 2. The van der Waals surface area contributed by atoms with Crippen molar-refractivity contribution in [2.45, 2.75) is 13.5 Å². The van der Waals surface area contributed by atoms with Gasteiger partial charge in [-0.15, -0.1) is 10.2 Å². The molecule has 0 unspecified atom stereocenters. The van der Waals surface area contributed by atoms with Crippen LogP contribution in [0.25, 0.3) is 10.6 Å². The molecule has 116 valence electrons. The van der Waals surface area contributed by atoms with Crippen molar-refractivity contribution >= 4 is 22.7 Å². The van der Waals surface area contributed by atoms with E-state index in [4.69, 9.17) is 0 Å². The van der Waals surface area contributed by atoms with Crippen LogP contribution in [0.15, 0.2) is 48.5 Å². The Kier molecular flexibility index (Phi) is 4.29. The average molecular weight is 326 g/mol. The number of hydrogen-bond acceptors (Lipinski definition) is 6. The van der Waals surface area contributed by atoms with Crippen LogP contribution in [0.3, 0.4) is 0 Å². The molecule has 0 aliphatic heterocycles. The van der Waals surface area contributed by atoms with Gasteiger partial charge in [-0.1, -0.05) is 53.8 Å². The van der Waals surface area contributed by atoms with Crippen molar-refractivity contribution in [3.05, 3.63) is 69.2 Å². The minimum absolute atomic E-state index is 0.0674. The van der Waals surface area contributed by atoms with Crippen molar-refractivity contribution in [1.29, 1.82) is 0 Å². The van der Waals surface area contributed by atoms with Crippen molar-refractivity contribution in [2.75, 3.05) is 5.32 Å². The summed E-state index contributed by atoms with van der Waals surface area (Å²) in [7, 11) is 0. The van der Waals surface area contributed by atoms with Gasteiger partial charge in [0.15, 0.2) is 0 Å². The Morgan fingerprint density at radius 2 is 1.91 bits per heavy atom. The van der Waals surface area contributed by atoms with Crippen LogP contribution < -0.4 is 5.32 Å². The van der Waals surface area contributed by atoms with E-state index >= 15 is 0 Å². The first-order valence-electron chi connectivity index (χ1n) is 7.01. The van der Waals surface area contributed by atoms with E-state index in [9.17, 15) is 10.1 Å². The molecule has 6 nitrogen and oxygen atoms in total. The fourth-order valence-electron chi connectivity index (χ4n) is 2.22. The van der Waals surface area contributed by atoms with Gasteiger partial charge in [0.2, 0.25) is 0 Å². The van der Waals surface area contributed by atoms with Crippen molar-refractivity contribution in [1.82, 2.24) is 10.2 Å². The maximum Gasteiger partial charge on any atom is 0.292 e. The lowest BCUT2D eigenvalue weighted by Crippen LogP contribution is -2.04. The van der Waals surface area contributed by atoms with Gasteiger partial charge in [0.1, 0.15) is 15.7 Å². The Labute approximate surface area is 137 Å². The molecule has 0 spiro atoms. The molecule has 0 atom stereocenters. The number of para-hydroxylation sites is 1. The zero-order valence-corrected chi connectivity index (χ0v) is 13.2. The second kappa shape index (κ2) is 6.53. The Bertz CT molecular complexity index is 833. The third-order valence-corrected chi connectivity index (χ3v) is 4.32. The predicted molar refractivity (Wildman–Crippen MR) is 90.5 cm³/mol. The van der Waals surface area contributed by atoms with Crippen molar-refractivity contribution in [2.24, 2.45) is 0 Å². The summed E-state index contributed by atoms with van der Waals surface area (Å²) < 4.78 is 0. The Morgan fingerprint density at radius 3 is 2.65 bits per heavy atom. The van der Waals surface area contributed by atoms with Crippen LogP contribution >= 0.6 is 11.3 Å². The van der Waals surface area contributed by atoms with Gasteiger partial charge < -0.3 is 5.32 Å². The fraction of sp³-hybridized carbons (Fsp3) is 0.125. The van der Waals surface area contributed by atoms with E-state index in [1.165, 1.54) is 17.4 Å². The molecule has 1 aromatic heterocycles. The molecular formula is C16H14N4O2S. The van der Waals surface area contributed by atoms with Crippen LogP contribution in [-0.4, -0.2) is 15.1 Å². The van der Waals surface area contributed by atoms with E-state index in [2.05, 4.69) is 15.5 Å². The van der Waals surface area contributed by atoms with E-state index in [1.807, 2.05) is 43.3 Å². The van der Waals surface area contributed by atoms with Gasteiger partial charge >= 0.3 is 0 Å².